The van der Waals surface area contributed by atoms with Crippen LogP contribution in [0.4, 0.5) is 11.8 Å². The number of pyridine rings is 2. The summed E-state index contributed by atoms with van der Waals surface area (Å²) < 4.78 is 12.2. The Morgan fingerprint density at radius 1 is 0.976 bits per heavy atom. The van der Waals surface area contributed by atoms with E-state index >= 15 is 0 Å². The van der Waals surface area contributed by atoms with Gasteiger partial charge in [0.2, 0.25) is 5.95 Å². The number of morpholine rings is 1. The Bertz CT molecular complexity index is 1580. The van der Waals surface area contributed by atoms with E-state index in [1.807, 2.05) is 12.4 Å². The van der Waals surface area contributed by atoms with Crippen LogP contribution in [0.15, 0.2) is 42.9 Å². The van der Waals surface area contributed by atoms with E-state index in [-0.39, 0.29) is 5.04 Å². The fraction of sp³-hybridized carbons (Fsp3) is 0.500. The van der Waals surface area contributed by atoms with E-state index in [0.717, 1.165) is 90.6 Å². The lowest BCUT2D eigenvalue weighted by Gasteiger charge is -2.41. The van der Waals surface area contributed by atoms with Crippen LogP contribution in [0, 0.1) is 0 Å². The molecular weight excluding hydrogens is 564 g/mol. The van der Waals surface area contributed by atoms with Gasteiger partial charge >= 0.3 is 0 Å². The highest BCUT2D eigenvalue weighted by molar-refractivity contribution is 6.74. The third kappa shape index (κ3) is 5.97. The van der Waals surface area contributed by atoms with Crippen molar-refractivity contribution in [1.29, 1.82) is 0 Å². The van der Waals surface area contributed by atoms with Crippen LogP contribution in [0.2, 0.25) is 23.3 Å². The van der Waals surface area contributed by atoms with Gasteiger partial charge in [-0.05, 0) is 66.9 Å². The average molecular weight is 605 g/mol. The number of hydrogen-bond donors (Lipinski definition) is 1. The third-order valence-corrected chi connectivity index (χ3v) is 14.0. The molecule has 4 heterocycles. The van der Waals surface area contributed by atoms with Gasteiger partial charge < -0.3 is 19.4 Å². The van der Waals surface area contributed by atoms with Crippen LogP contribution in [0.3, 0.4) is 0 Å². The van der Waals surface area contributed by atoms with Gasteiger partial charge in [-0.15, -0.1) is 0 Å². The Morgan fingerprint density at radius 2 is 1.74 bits per heavy atom. The number of fused-ring (bicyclic) bond motifs is 2. The molecule has 2 aliphatic rings. The van der Waals surface area contributed by atoms with E-state index in [4.69, 9.17) is 30.7 Å². The number of nitrogens with zero attached hydrogens (tertiary/aromatic N) is 5. The maximum Gasteiger partial charge on any atom is 0.223 e. The first-order chi connectivity index (χ1) is 20.1. The van der Waals surface area contributed by atoms with Crippen molar-refractivity contribution in [1.82, 2.24) is 19.9 Å². The van der Waals surface area contributed by atoms with Crippen molar-refractivity contribution in [3.8, 4) is 11.1 Å². The highest BCUT2D eigenvalue weighted by Crippen LogP contribution is 2.39. The lowest BCUT2D eigenvalue weighted by Crippen LogP contribution is -2.45. The summed E-state index contributed by atoms with van der Waals surface area (Å²) in [6, 6.07) is 8.82. The van der Waals surface area contributed by atoms with Gasteiger partial charge in [0.15, 0.2) is 8.32 Å². The molecule has 1 saturated heterocycles. The minimum Gasteiger partial charge on any atom is -0.414 e. The zero-order chi connectivity index (χ0) is 29.5. The van der Waals surface area contributed by atoms with Gasteiger partial charge in [0, 0.05) is 54.8 Å². The molecule has 10 heteroatoms. The molecule has 6 rings (SSSR count). The van der Waals surface area contributed by atoms with E-state index in [9.17, 15) is 0 Å². The molecule has 1 aliphatic carbocycles. The molecule has 0 atom stereocenters. The molecular formula is C32H41ClN6O2Si. The summed E-state index contributed by atoms with van der Waals surface area (Å²) in [6.07, 6.45) is 10.0. The first-order valence-electron chi connectivity index (χ1n) is 15.1. The summed E-state index contributed by atoms with van der Waals surface area (Å²) in [7, 11) is -1.77. The van der Waals surface area contributed by atoms with Gasteiger partial charge in [-0.3, -0.25) is 0 Å². The van der Waals surface area contributed by atoms with Crippen molar-refractivity contribution in [2.24, 2.45) is 0 Å². The zero-order valence-electron chi connectivity index (χ0n) is 25.3. The number of halogens is 1. The monoisotopic (exact) mass is 604 g/mol. The van der Waals surface area contributed by atoms with Crippen LogP contribution >= 0.6 is 11.6 Å². The fourth-order valence-electron chi connectivity index (χ4n) is 5.73. The van der Waals surface area contributed by atoms with Gasteiger partial charge in [0.1, 0.15) is 11.0 Å². The predicted octanol–water partition coefficient (Wildman–Crippen LogP) is 7.47. The Morgan fingerprint density at radius 3 is 2.48 bits per heavy atom. The van der Waals surface area contributed by atoms with Crippen LogP contribution in [-0.2, 0) is 9.16 Å². The van der Waals surface area contributed by atoms with E-state index in [0.29, 0.717) is 23.2 Å². The normalized spacial score (nSPS) is 20.3. The summed E-state index contributed by atoms with van der Waals surface area (Å²) in [5.41, 5.74) is 2.76. The van der Waals surface area contributed by atoms with Crippen molar-refractivity contribution < 1.29 is 9.16 Å². The molecule has 1 aliphatic heterocycles. The van der Waals surface area contributed by atoms with E-state index in [1.54, 1.807) is 6.20 Å². The maximum atomic E-state index is 6.70. The van der Waals surface area contributed by atoms with Crippen LogP contribution in [0.1, 0.15) is 46.5 Å². The number of anilines is 2. The predicted molar refractivity (Wildman–Crippen MR) is 174 cm³/mol. The van der Waals surface area contributed by atoms with E-state index in [2.05, 4.69) is 78.3 Å². The molecule has 0 bridgehead atoms. The topological polar surface area (TPSA) is 85.3 Å². The summed E-state index contributed by atoms with van der Waals surface area (Å²) >= 11 is 6.52. The minimum atomic E-state index is -1.77. The smallest absolute Gasteiger partial charge is 0.223 e. The van der Waals surface area contributed by atoms with Crippen molar-refractivity contribution in [3.05, 3.63) is 48.0 Å². The van der Waals surface area contributed by atoms with E-state index < -0.39 is 8.32 Å². The number of nitrogens with one attached hydrogen (secondary N) is 1. The largest absolute Gasteiger partial charge is 0.414 e. The van der Waals surface area contributed by atoms with Crippen LogP contribution < -0.4 is 10.2 Å². The number of aromatic nitrogens is 4. The number of hydrogen-bond acceptors (Lipinski definition) is 8. The van der Waals surface area contributed by atoms with Gasteiger partial charge in [-0.2, -0.15) is 0 Å². The van der Waals surface area contributed by atoms with Crippen molar-refractivity contribution in [3.63, 3.8) is 0 Å². The van der Waals surface area contributed by atoms with Gasteiger partial charge in [-0.1, -0.05) is 44.5 Å². The summed E-state index contributed by atoms with van der Waals surface area (Å²) in [4.78, 5) is 21.1. The number of benzene rings is 1. The molecule has 0 unspecified atom stereocenters. The maximum absolute atomic E-state index is 6.70. The lowest BCUT2D eigenvalue weighted by molar-refractivity contribution is 0.122. The van der Waals surface area contributed by atoms with Crippen molar-refractivity contribution in [2.75, 3.05) is 36.5 Å². The fourth-order valence-corrected chi connectivity index (χ4v) is 7.34. The molecule has 0 radical (unpaired) electrons. The second-order valence-electron chi connectivity index (χ2n) is 13.1. The molecule has 1 saturated carbocycles. The Kier molecular flexibility index (Phi) is 8.12. The number of ether oxygens (including phenoxy) is 1. The highest BCUT2D eigenvalue weighted by atomic mass is 35.5. The molecule has 3 aromatic heterocycles. The molecule has 4 aromatic rings. The van der Waals surface area contributed by atoms with Gasteiger partial charge in [0.05, 0.1) is 24.1 Å². The Labute approximate surface area is 254 Å². The van der Waals surface area contributed by atoms with Crippen molar-refractivity contribution >= 4 is 53.4 Å². The quantitative estimate of drug-likeness (QED) is 0.179. The molecule has 0 spiro atoms. The van der Waals surface area contributed by atoms with Gasteiger partial charge in [0.25, 0.3) is 0 Å². The Hall–Kier alpha value is -2.85. The summed E-state index contributed by atoms with van der Waals surface area (Å²) in [5.74, 6) is 1.62. The first-order valence-corrected chi connectivity index (χ1v) is 18.4. The van der Waals surface area contributed by atoms with Crippen LogP contribution in [0.5, 0.6) is 0 Å². The van der Waals surface area contributed by atoms with Crippen molar-refractivity contribution in [2.45, 2.75) is 76.7 Å². The molecule has 1 N–H and O–H groups in total. The lowest BCUT2D eigenvalue weighted by atomic mass is 9.93. The van der Waals surface area contributed by atoms with Crippen LogP contribution in [-0.4, -0.2) is 66.7 Å². The Balaban J connectivity index is 1.23. The average Bonchev–Trinajstić information content (AvgIpc) is 2.97. The molecule has 1 aromatic carbocycles. The van der Waals surface area contributed by atoms with E-state index in [1.165, 1.54) is 0 Å². The summed E-state index contributed by atoms with van der Waals surface area (Å²) in [6.45, 7) is 14.7. The molecule has 2 fully saturated rings. The molecule has 0 amide bonds. The molecule has 42 heavy (non-hydrogen) atoms. The SMILES string of the molecule is CC(C)(C)[Si](C)(C)OC1CCC(Nc2ncc3c(Cl)ncc(-c4ccc5c(N6CCOCC6)nccc5c4)c3n2)CC1. The highest BCUT2D eigenvalue weighted by Gasteiger charge is 2.39. The number of rotatable bonds is 6. The molecule has 8 nitrogen and oxygen atoms in total. The standard InChI is InChI=1S/C32H41ClN6O2Si/c1-32(2,3)42(4,5)41-24-9-7-23(8-10-24)37-31-36-20-27-28(38-31)26(19-35-29(27)33)21-6-11-25-22(18-21)12-13-34-30(25)39-14-16-40-17-15-39/h6,11-13,18-20,23-24H,7-10,14-17H2,1-5H3,(H,36,37,38). The summed E-state index contributed by atoms with van der Waals surface area (Å²) in [5, 5.41) is 7.23. The molecule has 222 valence electrons. The second kappa shape index (κ2) is 11.7. The first kappa shape index (κ1) is 29.2. The second-order valence-corrected chi connectivity index (χ2v) is 18.2. The van der Waals surface area contributed by atoms with Crippen LogP contribution in [0.25, 0.3) is 32.8 Å². The van der Waals surface area contributed by atoms with Gasteiger partial charge in [-0.25, -0.2) is 19.9 Å². The zero-order valence-corrected chi connectivity index (χ0v) is 27.0. The third-order valence-electron chi connectivity index (χ3n) is 9.21. The minimum absolute atomic E-state index is 0.224.